The second-order valence-corrected chi connectivity index (χ2v) is 10.3. The minimum atomic E-state index is -0.183. The first kappa shape index (κ1) is 17.0. The van der Waals surface area contributed by atoms with Gasteiger partial charge in [-0.3, -0.25) is 9.59 Å². The molecular formula is C23H32O3. The number of allylic oxidation sites excluding steroid dienone is 1. The van der Waals surface area contributed by atoms with Crippen LogP contribution in [-0.4, -0.2) is 17.4 Å². The van der Waals surface area contributed by atoms with Crippen molar-refractivity contribution in [1.29, 1.82) is 0 Å². The van der Waals surface area contributed by atoms with Gasteiger partial charge in [0.05, 0.1) is 0 Å². The Bertz CT molecular complexity index is 694. The Hall–Kier alpha value is -1.12. The predicted octanol–water partition coefficient (Wildman–Crippen LogP) is 4.98. The molecule has 3 heteroatoms. The van der Waals surface area contributed by atoms with Gasteiger partial charge in [-0.15, -0.1) is 0 Å². The number of hydrogen-bond acceptors (Lipinski definition) is 3. The molecule has 3 nitrogen and oxygen atoms in total. The second kappa shape index (κ2) is 5.45. The summed E-state index contributed by atoms with van der Waals surface area (Å²) in [6, 6.07) is 0. The fourth-order valence-corrected chi connectivity index (χ4v) is 8.07. The average Bonchev–Trinajstić information content (AvgIpc) is 2.88. The van der Waals surface area contributed by atoms with Crippen LogP contribution in [-0.2, 0) is 14.3 Å². The first-order valence-corrected chi connectivity index (χ1v) is 10.8. The van der Waals surface area contributed by atoms with E-state index in [0.717, 1.165) is 44.4 Å². The molecule has 0 aromatic carbocycles. The van der Waals surface area contributed by atoms with E-state index in [4.69, 9.17) is 4.74 Å². The van der Waals surface area contributed by atoms with E-state index in [0.29, 0.717) is 24.0 Å². The van der Waals surface area contributed by atoms with Crippen LogP contribution in [0.5, 0.6) is 0 Å². The van der Waals surface area contributed by atoms with E-state index in [-0.39, 0.29) is 22.4 Å². The molecule has 0 radical (unpaired) electrons. The number of carbonyl (C=O) groups is 2. The number of rotatable bonds is 0. The van der Waals surface area contributed by atoms with E-state index in [1.807, 2.05) is 6.08 Å². The zero-order valence-electron chi connectivity index (χ0n) is 16.3. The molecule has 5 aliphatic rings. The molecule has 0 N–H and O–H groups in total. The van der Waals surface area contributed by atoms with Crippen LogP contribution in [0.15, 0.2) is 11.6 Å². The van der Waals surface area contributed by atoms with E-state index in [9.17, 15) is 9.59 Å². The van der Waals surface area contributed by atoms with Gasteiger partial charge in [0.25, 0.3) is 0 Å². The van der Waals surface area contributed by atoms with Crippen LogP contribution < -0.4 is 0 Å². The van der Waals surface area contributed by atoms with Gasteiger partial charge in [-0.1, -0.05) is 19.4 Å². The summed E-state index contributed by atoms with van der Waals surface area (Å²) in [7, 11) is 0. The molecule has 4 fully saturated rings. The Balaban J connectivity index is 1.48. The van der Waals surface area contributed by atoms with Crippen molar-refractivity contribution >= 4 is 11.8 Å². The summed E-state index contributed by atoms with van der Waals surface area (Å²) in [5.74, 6) is 2.51. The summed E-state index contributed by atoms with van der Waals surface area (Å²) in [6.45, 7) is 4.88. The number of esters is 1. The van der Waals surface area contributed by atoms with Crippen molar-refractivity contribution in [3.05, 3.63) is 11.6 Å². The number of hydrogen-bond donors (Lipinski definition) is 0. The summed E-state index contributed by atoms with van der Waals surface area (Å²) in [5, 5.41) is 0. The molecule has 3 unspecified atom stereocenters. The van der Waals surface area contributed by atoms with Crippen molar-refractivity contribution < 1.29 is 14.3 Å². The van der Waals surface area contributed by atoms with Gasteiger partial charge < -0.3 is 4.74 Å². The minimum Gasteiger partial charge on any atom is -0.458 e. The molecule has 1 heterocycles. The van der Waals surface area contributed by atoms with Crippen LogP contribution >= 0.6 is 0 Å². The van der Waals surface area contributed by atoms with E-state index < -0.39 is 0 Å². The molecule has 0 bridgehead atoms. The quantitative estimate of drug-likeness (QED) is 0.575. The van der Waals surface area contributed by atoms with Crippen molar-refractivity contribution in [2.45, 2.75) is 90.1 Å². The largest absolute Gasteiger partial charge is 0.458 e. The molecule has 0 amide bonds. The maximum atomic E-state index is 12.1. The van der Waals surface area contributed by atoms with Crippen LogP contribution in [0, 0.1) is 28.6 Å². The van der Waals surface area contributed by atoms with Crippen molar-refractivity contribution in [3.8, 4) is 0 Å². The maximum absolute atomic E-state index is 12.1. The summed E-state index contributed by atoms with van der Waals surface area (Å²) in [4.78, 5) is 24.1. The summed E-state index contributed by atoms with van der Waals surface area (Å²) in [6.07, 6.45) is 13.5. The fourth-order valence-electron chi connectivity index (χ4n) is 8.07. The first-order valence-electron chi connectivity index (χ1n) is 10.8. The topological polar surface area (TPSA) is 43.4 Å². The molecule has 0 aromatic rings. The van der Waals surface area contributed by atoms with E-state index in [1.54, 1.807) is 0 Å². The lowest BCUT2D eigenvalue weighted by Crippen LogP contribution is -2.56. The predicted molar refractivity (Wildman–Crippen MR) is 99.4 cm³/mol. The lowest BCUT2D eigenvalue weighted by atomic mass is 9.46. The summed E-state index contributed by atoms with van der Waals surface area (Å²) in [5.41, 5.74) is 1.65. The van der Waals surface area contributed by atoms with Gasteiger partial charge in [0, 0.05) is 18.3 Å². The summed E-state index contributed by atoms with van der Waals surface area (Å²) >= 11 is 0. The molecule has 26 heavy (non-hydrogen) atoms. The van der Waals surface area contributed by atoms with Crippen molar-refractivity contribution in [3.63, 3.8) is 0 Å². The first-order chi connectivity index (χ1) is 12.4. The Kier molecular flexibility index (Phi) is 3.57. The highest BCUT2D eigenvalue weighted by atomic mass is 16.6. The van der Waals surface area contributed by atoms with E-state index >= 15 is 0 Å². The maximum Gasteiger partial charge on any atom is 0.306 e. The molecule has 3 saturated carbocycles. The van der Waals surface area contributed by atoms with Gasteiger partial charge in [0.1, 0.15) is 5.60 Å². The Morgan fingerprint density at radius 1 is 0.923 bits per heavy atom. The zero-order valence-corrected chi connectivity index (χ0v) is 16.3. The third kappa shape index (κ3) is 2.06. The summed E-state index contributed by atoms with van der Waals surface area (Å²) < 4.78 is 6.14. The van der Waals surface area contributed by atoms with E-state index in [1.165, 1.54) is 31.3 Å². The minimum absolute atomic E-state index is 0.0341. The van der Waals surface area contributed by atoms with Gasteiger partial charge in [0.15, 0.2) is 5.78 Å². The fraction of sp³-hybridized carbons (Fsp3) is 0.826. The molecule has 4 aliphatic carbocycles. The average molecular weight is 357 g/mol. The molecule has 1 spiro atoms. The Morgan fingerprint density at radius 3 is 2.54 bits per heavy atom. The van der Waals surface area contributed by atoms with Gasteiger partial charge in [-0.25, -0.2) is 0 Å². The van der Waals surface area contributed by atoms with Crippen molar-refractivity contribution in [2.75, 3.05) is 0 Å². The lowest BCUT2D eigenvalue weighted by molar-refractivity contribution is -0.194. The molecule has 1 aliphatic heterocycles. The number of fused-ring (bicyclic) bond motifs is 6. The van der Waals surface area contributed by atoms with Crippen molar-refractivity contribution in [2.24, 2.45) is 28.6 Å². The van der Waals surface area contributed by atoms with Gasteiger partial charge >= 0.3 is 5.97 Å². The highest BCUT2D eigenvalue weighted by Crippen LogP contribution is 2.69. The molecule has 6 atom stereocenters. The van der Waals surface area contributed by atoms with Gasteiger partial charge in [-0.05, 0) is 87.0 Å². The van der Waals surface area contributed by atoms with Crippen molar-refractivity contribution in [1.82, 2.24) is 0 Å². The van der Waals surface area contributed by atoms with Crippen LogP contribution in [0.3, 0.4) is 0 Å². The Labute approximate surface area is 156 Å². The molecule has 1 saturated heterocycles. The molecule has 0 aromatic heterocycles. The standard InChI is InChI=1S/C23H32O3/c1-21-11-7-16(24)14-15(21)5-6-17-18(21)8-12-22(2)19(17)9-13-23(22)10-3-4-20(25)26-23/h14,17-19H,3-13H2,1-2H3/t17?,18?,19?,21-,22-,23-/m0/s1. The monoisotopic (exact) mass is 356 g/mol. The number of ketones is 1. The van der Waals surface area contributed by atoms with Crippen LogP contribution in [0.4, 0.5) is 0 Å². The van der Waals surface area contributed by atoms with Gasteiger partial charge in [0.2, 0.25) is 0 Å². The van der Waals surface area contributed by atoms with Crippen LogP contribution in [0.25, 0.3) is 0 Å². The number of ether oxygens (including phenoxy) is 1. The third-order valence-corrected chi connectivity index (χ3v) is 9.52. The van der Waals surface area contributed by atoms with E-state index in [2.05, 4.69) is 13.8 Å². The lowest BCUT2D eigenvalue weighted by Gasteiger charge is -2.60. The molecular weight excluding hydrogens is 324 g/mol. The zero-order chi connectivity index (χ0) is 18.2. The number of carbonyl (C=O) groups excluding carboxylic acids is 2. The smallest absolute Gasteiger partial charge is 0.306 e. The van der Waals surface area contributed by atoms with Gasteiger partial charge in [-0.2, -0.15) is 0 Å². The molecule has 5 rings (SSSR count). The molecule has 142 valence electrons. The SMILES string of the molecule is C[C@]12CCC(=O)C=C1CCC1C2CC[C@@]2(C)C1CC[C@@]21CCCC(=O)O1. The van der Waals surface area contributed by atoms with Crippen LogP contribution in [0.1, 0.15) is 84.5 Å². The second-order valence-electron chi connectivity index (χ2n) is 10.3. The Morgan fingerprint density at radius 2 is 1.73 bits per heavy atom. The third-order valence-electron chi connectivity index (χ3n) is 9.52. The normalized spacial score (nSPS) is 50.5. The highest BCUT2D eigenvalue weighted by molar-refractivity contribution is 5.91. The van der Waals surface area contributed by atoms with Crippen LogP contribution in [0.2, 0.25) is 0 Å². The highest BCUT2D eigenvalue weighted by Gasteiger charge is 2.66.